The second kappa shape index (κ2) is 11.5. The smallest absolute Gasteiger partial charge is 0.870 e. The Kier molecular flexibility index (Phi) is 42.4. The molecular formula is H9MgN2O5P. The molecule has 0 aromatic rings. The van der Waals surface area contributed by atoms with E-state index in [0.29, 0.717) is 0 Å². The van der Waals surface area contributed by atoms with Gasteiger partial charge in [-0.15, -0.1) is 0 Å². The fourth-order valence-corrected chi connectivity index (χ4v) is 0. The molecule has 0 spiro atoms. The monoisotopic (exact) mass is 172 g/mol. The van der Waals surface area contributed by atoms with Gasteiger partial charge in [0.2, 0.25) is 0 Å². The van der Waals surface area contributed by atoms with Crippen molar-refractivity contribution in [3.05, 3.63) is 0 Å². The van der Waals surface area contributed by atoms with Crippen LogP contribution in [0.3, 0.4) is 0 Å². The van der Waals surface area contributed by atoms with Crippen molar-refractivity contribution in [2.45, 2.75) is 0 Å². The van der Waals surface area contributed by atoms with Gasteiger partial charge in [-0.1, -0.05) is 0 Å². The summed E-state index contributed by atoms with van der Waals surface area (Å²) in [5, 5.41) is 0. The largest absolute Gasteiger partial charge is 2.00 e. The molecule has 0 aliphatic rings. The maximum Gasteiger partial charge on any atom is 2.00 e. The second-order valence-corrected chi connectivity index (χ2v) is 1.41. The molecule has 9 N–H and O–H groups in total. The summed E-state index contributed by atoms with van der Waals surface area (Å²) in [6, 6.07) is 0. The summed E-state index contributed by atoms with van der Waals surface area (Å²) < 4.78 is 8.66. The minimum Gasteiger partial charge on any atom is -0.870 e. The van der Waals surface area contributed by atoms with Crippen molar-refractivity contribution in [2.24, 2.45) is 0 Å². The van der Waals surface area contributed by atoms with Crippen LogP contribution in [0.2, 0.25) is 0 Å². The summed E-state index contributed by atoms with van der Waals surface area (Å²) >= 11 is 0. The standard InChI is InChI=1S/Mg.2H3N.H3O4P.H2O/c;;;1-5(2,3)4;/h;2*1H3;(H3,1,2,3,4);1H2/q+2;;;;/p-2. The molecule has 0 aliphatic heterocycles. The molecule has 0 saturated heterocycles. The quantitative estimate of drug-likeness (QED) is 0.274. The zero-order chi connectivity index (χ0) is 4.50. The van der Waals surface area contributed by atoms with Crippen LogP contribution in [0, 0.1) is 0 Å². The van der Waals surface area contributed by atoms with Gasteiger partial charge in [0.1, 0.15) is 0 Å². The minimum atomic E-state index is -5.14. The van der Waals surface area contributed by atoms with Crippen LogP contribution in [0.5, 0.6) is 0 Å². The van der Waals surface area contributed by atoms with E-state index in [1.807, 2.05) is 0 Å². The van der Waals surface area contributed by atoms with Crippen LogP contribution >= 0.6 is 7.82 Å². The molecule has 0 radical (unpaired) electrons. The Morgan fingerprint density at radius 3 is 1.33 bits per heavy atom. The summed E-state index contributed by atoms with van der Waals surface area (Å²) in [6.45, 7) is 0. The molecule has 0 aliphatic carbocycles. The van der Waals surface area contributed by atoms with Gasteiger partial charge in [0.15, 0.2) is 0 Å². The number of rotatable bonds is 0. The van der Waals surface area contributed by atoms with Crippen molar-refractivity contribution in [3.8, 4) is 0 Å². The molecule has 0 saturated carbocycles. The number of quaternary nitrogens is 1. The maximum atomic E-state index is 8.66. The average molecular weight is 172 g/mol. The first-order valence-electron chi connectivity index (χ1n) is 0.748. The molecule has 9 heteroatoms. The fourth-order valence-electron chi connectivity index (χ4n) is 0. The first-order chi connectivity index (χ1) is 2.00. The Labute approximate surface area is 68.3 Å². The molecule has 9 heavy (non-hydrogen) atoms. The molecule has 0 rings (SSSR count). The normalized spacial score (nSPS) is 6.56. The van der Waals surface area contributed by atoms with E-state index in [-0.39, 0.29) is 40.8 Å². The first kappa shape index (κ1) is 33.1. The van der Waals surface area contributed by atoms with Crippen LogP contribution in [0.4, 0.5) is 0 Å². The third kappa shape index (κ3) is 699. The number of hydrogen-bond acceptors (Lipinski definition) is 5. The Morgan fingerprint density at radius 2 is 1.33 bits per heavy atom. The molecule has 0 heterocycles. The van der Waals surface area contributed by atoms with Gasteiger partial charge in [0.05, 0.1) is 7.82 Å². The second-order valence-electron chi connectivity index (χ2n) is 0.469. The van der Waals surface area contributed by atoms with E-state index in [1.165, 1.54) is 0 Å². The average Bonchev–Trinajstić information content (AvgIpc) is 0.722. The maximum absolute atomic E-state index is 8.66. The van der Waals surface area contributed by atoms with E-state index in [9.17, 15) is 0 Å². The van der Waals surface area contributed by atoms with Gasteiger partial charge < -0.3 is 37.0 Å². The molecule has 0 bridgehead atoms. The first-order valence-corrected chi connectivity index (χ1v) is 2.24. The van der Waals surface area contributed by atoms with E-state index in [4.69, 9.17) is 19.2 Å². The molecular weight excluding hydrogens is 163 g/mol. The van der Waals surface area contributed by atoms with Gasteiger partial charge in [-0.05, 0) is 0 Å². The third-order valence-electron chi connectivity index (χ3n) is 0. The van der Waals surface area contributed by atoms with Crippen molar-refractivity contribution in [1.29, 1.82) is 0 Å². The predicted octanol–water partition coefficient (Wildman–Crippen LogP) is -2.21. The van der Waals surface area contributed by atoms with Crippen molar-refractivity contribution in [2.75, 3.05) is 0 Å². The Morgan fingerprint density at radius 1 is 1.33 bits per heavy atom. The zero-order valence-corrected chi connectivity index (χ0v) is 7.29. The summed E-state index contributed by atoms with van der Waals surface area (Å²) in [5.74, 6) is 0. The topological polar surface area (TPSA) is 185 Å². The molecule has 0 fully saturated rings. The van der Waals surface area contributed by atoms with Crippen molar-refractivity contribution < 1.29 is 24.7 Å². The van der Waals surface area contributed by atoms with E-state index in [0.717, 1.165) is 0 Å². The molecule has 0 aromatic heterocycles. The van der Waals surface area contributed by atoms with Crippen LogP contribution in [0.25, 0.3) is 0 Å². The third-order valence-corrected chi connectivity index (χ3v) is 0. The van der Waals surface area contributed by atoms with Crippen molar-refractivity contribution in [3.63, 3.8) is 0 Å². The Bertz CT molecular complexity index is 61.1. The Hall–Kier alpha value is 0.756. The SMILES string of the molecule is N.O=P([O-])([O-])O.[Mg+2].[NH4+].[OH-]. The number of phosphoric acid groups is 1. The van der Waals surface area contributed by atoms with Crippen molar-refractivity contribution >= 4 is 30.9 Å². The Balaban J connectivity index is -0.0000000133. The molecule has 0 amide bonds. The number of hydrogen-bond donors (Lipinski definition) is 3. The predicted molar refractivity (Wildman–Crippen MR) is 28.5 cm³/mol. The minimum absolute atomic E-state index is 0. The van der Waals surface area contributed by atoms with Gasteiger partial charge >= 0.3 is 23.1 Å². The van der Waals surface area contributed by atoms with Crippen LogP contribution in [0.1, 0.15) is 0 Å². The summed E-state index contributed by atoms with van der Waals surface area (Å²) in [5.41, 5.74) is 0. The van der Waals surface area contributed by atoms with E-state index in [1.54, 1.807) is 0 Å². The molecule has 0 unspecified atom stereocenters. The van der Waals surface area contributed by atoms with E-state index >= 15 is 0 Å². The van der Waals surface area contributed by atoms with Crippen LogP contribution in [0.15, 0.2) is 0 Å². The summed E-state index contributed by atoms with van der Waals surface area (Å²) in [7, 11) is -5.14. The van der Waals surface area contributed by atoms with Gasteiger partial charge in [-0.3, -0.25) is 0 Å². The molecule has 0 atom stereocenters. The van der Waals surface area contributed by atoms with Gasteiger partial charge in [0.25, 0.3) is 0 Å². The van der Waals surface area contributed by atoms with Crippen LogP contribution in [-0.2, 0) is 4.57 Å². The van der Waals surface area contributed by atoms with Crippen molar-refractivity contribution in [1.82, 2.24) is 12.3 Å². The van der Waals surface area contributed by atoms with E-state index < -0.39 is 7.82 Å². The molecule has 0 aromatic carbocycles. The van der Waals surface area contributed by atoms with Gasteiger partial charge in [-0.2, -0.15) is 0 Å². The molecule has 56 valence electrons. The van der Waals surface area contributed by atoms with Crippen LogP contribution < -0.4 is 22.1 Å². The van der Waals surface area contributed by atoms with Crippen LogP contribution in [-0.4, -0.2) is 33.4 Å². The summed E-state index contributed by atoms with van der Waals surface area (Å²) in [4.78, 5) is 24.3. The fraction of sp³-hybridized carbons (Fsp3) is 0. The zero-order valence-electron chi connectivity index (χ0n) is 4.98. The van der Waals surface area contributed by atoms with E-state index in [2.05, 4.69) is 0 Å². The summed E-state index contributed by atoms with van der Waals surface area (Å²) in [6.07, 6.45) is 0. The van der Waals surface area contributed by atoms with Gasteiger partial charge in [-0.25, -0.2) is 0 Å². The van der Waals surface area contributed by atoms with Gasteiger partial charge in [0, 0.05) is 0 Å². The molecule has 7 nitrogen and oxygen atoms in total.